The summed E-state index contributed by atoms with van der Waals surface area (Å²) in [5.41, 5.74) is 1.55. The van der Waals surface area contributed by atoms with E-state index in [0.717, 1.165) is 23.2 Å². The van der Waals surface area contributed by atoms with Gasteiger partial charge in [-0.25, -0.2) is 22.8 Å². The van der Waals surface area contributed by atoms with E-state index in [2.05, 4.69) is 9.97 Å². The molecule has 6 nitrogen and oxygen atoms in total. The molecule has 3 aromatic rings. The molecule has 2 heterocycles. The summed E-state index contributed by atoms with van der Waals surface area (Å²) in [4.78, 5) is 8.86. The lowest BCUT2D eigenvalue weighted by atomic mass is 10.1. The molecule has 4 rings (SSSR count). The number of rotatable bonds is 4. The van der Waals surface area contributed by atoms with Crippen molar-refractivity contribution in [1.82, 2.24) is 14.3 Å². The molecule has 1 aliphatic rings. The molecule has 0 amide bonds. The number of sulfonamides is 1. The first-order chi connectivity index (χ1) is 13.0. The van der Waals surface area contributed by atoms with Crippen molar-refractivity contribution in [3.8, 4) is 5.88 Å². The van der Waals surface area contributed by atoms with Crippen molar-refractivity contribution in [2.75, 3.05) is 13.1 Å². The molecule has 0 bridgehead atoms. The van der Waals surface area contributed by atoms with Crippen LogP contribution in [0.4, 0.5) is 4.39 Å². The Kier molecular flexibility index (Phi) is 4.75. The molecule has 27 heavy (non-hydrogen) atoms. The number of fused-ring (bicyclic) bond motifs is 1. The molecule has 1 fully saturated rings. The summed E-state index contributed by atoms with van der Waals surface area (Å²) in [6.45, 7) is 0.677. The maximum absolute atomic E-state index is 13.0. The first-order valence-corrected chi connectivity index (χ1v) is 10.1. The van der Waals surface area contributed by atoms with Crippen LogP contribution in [-0.2, 0) is 10.0 Å². The Hall–Kier alpha value is -2.58. The molecular formula is C19H18FN3O3S. The molecule has 1 saturated heterocycles. The third-order valence-electron chi connectivity index (χ3n) is 4.57. The Morgan fingerprint density at radius 3 is 2.37 bits per heavy atom. The van der Waals surface area contributed by atoms with Crippen molar-refractivity contribution >= 4 is 21.1 Å². The number of halogens is 1. The van der Waals surface area contributed by atoms with Gasteiger partial charge in [0.05, 0.1) is 22.1 Å². The zero-order valence-electron chi connectivity index (χ0n) is 14.5. The fourth-order valence-corrected chi connectivity index (χ4v) is 4.58. The monoisotopic (exact) mass is 387 g/mol. The van der Waals surface area contributed by atoms with Crippen LogP contribution in [0.2, 0.25) is 0 Å². The molecule has 140 valence electrons. The standard InChI is InChI=1S/C19H18FN3O3S/c20-14-5-7-16(8-6-14)27(24,25)23-11-9-15(10-12-23)26-19-13-21-17-3-1-2-4-18(17)22-19/h1-8,13,15H,9-12H2. The second kappa shape index (κ2) is 7.21. The zero-order chi connectivity index (χ0) is 18.9. The van der Waals surface area contributed by atoms with E-state index in [-0.39, 0.29) is 11.0 Å². The Morgan fingerprint density at radius 2 is 1.67 bits per heavy atom. The van der Waals surface area contributed by atoms with Crippen molar-refractivity contribution < 1.29 is 17.5 Å². The van der Waals surface area contributed by atoms with Gasteiger partial charge in [0.15, 0.2) is 0 Å². The van der Waals surface area contributed by atoms with Crippen LogP contribution in [0.3, 0.4) is 0 Å². The first kappa shape index (κ1) is 17.8. The SMILES string of the molecule is O=S(=O)(c1ccc(F)cc1)N1CCC(Oc2cnc3ccccc3n2)CC1. The number of ether oxygens (including phenoxy) is 1. The second-order valence-electron chi connectivity index (χ2n) is 6.37. The van der Waals surface area contributed by atoms with Crippen molar-refractivity contribution in [3.05, 3.63) is 60.5 Å². The highest BCUT2D eigenvalue weighted by atomic mass is 32.2. The molecule has 0 unspecified atom stereocenters. The minimum absolute atomic E-state index is 0.101. The van der Waals surface area contributed by atoms with E-state index in [0.29, 0.717) is 31.8 Å². The fraction of sp³-hybridized carbons (Fsp3) is 0.263. The largest absolute Gasteiger partial charge is 0.473 e. The van der Waals surface area contributed by atoms with Gasteiger partial charge in [-0.05, 0) is 49.2 Å². The van der Waals surface area contributed by atoms with Gasteiger partial charge < -0.3 is 4.74 Å². The number of hydrogen-bond acceptors (Lipinski definition) is 5. The van der Waals surface area contributed by atoms with Crippen LogP contribution in [0.5, 0.6) is 5.88 Å². The van der Waals surface area contributed by atoms with Crippen LogP contribution in [-0.4, -0.2) is 41.9 Å². The molecule has 0 atom stereocenters. The van der Waals surface area contributed by atoms with Crippen molar-refractivity contribution in [2.45, 2.75) is 23.8 Å². The highest BCUT2D eigenvalue weighted by Gasteiger charge is 2.30. The van der Waals surface area contributed by atoms with E-state index in [4.69, 9.17) is 4.74 Å². The van der Waals surface area contributed by atoms with Crippen LogP contribution in [0.1, 0.15) is 12.8 Å². The highest BCUT2D eigenvalue weighted by Crippen LogP contribution is 2.23. The van der Waals surface area contributed by atoms with Crippen molar-refractivity contribution in [1.29, 1.82) is 0 Å². The molecular weight excluding hydrogens is 369 g/mol. The predicted molar refractivity (Wildman–Crippen MR) is 98.3 cm³/mol. The third-order valence-corrected chi connectivity index (χ3v) is 6.48. The Labute approximate surface area is 156 Å². The minimum atomic E-state index is -3.62. The van der Waals surface area contributed by atoms with Gasteiger partial charge in [0.2, 0.25) is 15.9 Å². The van der Waals surface area contributed by atoms with Crippen LogP contribution in [0.25, 0.3) is 11.0 Å². The van der Waals surface area contributed by atoms with E-state index >= 15 is 0 Å². The van der Waals surface area contributed by atoms with E-state index in [1.165, 1.54) is 16.4 Å². The molecule has 0 saturated carbocycles. The zero-order valence-corrected chi connectivity index (χ0v) is 15.3. The number of benzene rings is 2. The molecule has 0 radical (unpaired) electrons. The van der Waals surface area contributed by atoms with Gasteiger partial charge in [0.1, 0.15) is 11.9 Å². The number of aromatic nitrogens is 2. The van der Waals surface area contributed by atoms with Gasteiger partial charge in [-0.15, -0.1) is 0 Å². The lowest BCUT2D eigenvalue weighted by molar-refractivity contribution is 0.130. The Morgan fingerprint density at radius 1 is 1.00 bits per heavy atom. The number of nitrogens with zero attached hydrogens (tertiary/aromatic N) is 3. The van der Waals surface area contributed by atoms with E-state index in [9.17, 15) is 12.8 Å². The minimum Gasteiger partial charge on any atom is -0.473 e. The molecule has 0 N–H and O–H groups in total. The first-order valence-electron chi connectivity index (χ1n) is 8.66. The Bertz CT molecular complexity index is 1050. The van der Waals surface area contributed by atoms with Gasteiger partial charge >= 0.3 is 0 Å². The van der Waals surface area contributed by atoms with Crippen LogP contribution in [0.15, 0.2) is 59.6 Å². The van der Waals surface area contributed by atoms with Crippen molar-refractivity contribution in [3.63, 3.8) is 0 Å². The summed E-state index contributed by atoms with van der Waals surface area (Å²) in [6.07, 6.45) is 2.56. The van der Waals surface area contributed by atoms with Gasteiger partial charge in [0.25, 0.3) is 0 Å². The normalized spacial score (nSPS) is 16.5. The summed E-state index contributed by atoms with van der Waals surface area (Å²) < 4.78 is 45.6. The van der Waals surface area contributed by atoms with Crippen molar-refractivity contribution in [2.24, 2.45) is 0 Å². The summed E-state index contributed by atoms with van der Waals surface area (Å²) in [5, 5.41) is 0. The smallest absolute Gasteiger partial charge is 0.243 e. The van der Waals surface area contributed by atoms with E-state index < -0.39 is 15.8 Å². The maximum atomic E-state index is 13.0. The number of hydrogen-bond donors (Lipinski definition) is 0. The lowest BCUT2D eigenvalue weighted by Crippen LogP contribution is -2.41. The summed E-state index contributed by atoms with van der Waals surface area (Å²) in [5.74, 6) is -0.0221. The van der Waals surface area contributed by atoms with Gasteiger partial charge in [0, 0.05) is 13.1 Å². The van der Waals surface area contributed by atoms with Crippen LogP contribution in [0, 0.1) is 5.82 Å². The quantitative estimate of drug-likeness (QED) is 0.688. The predicted octanol–water partition coefficient (Wildman–Crippen LogP) is 3.00. The summed E-state index contributed by atoms with van der Waals surface area (Å²) >= 11 is 0. The van der Waals surface area contributed by atoms with E-state index in [1.54, 1.807) is 6.20 Å². The highest BCUT2D eigenvalue weighted by molar-refractivity contribution is 7.89. The molecule has 8 heteroatoms. The molecule has 2 aromatic carbocycles. The van der Waals surface area contributed by atoms with Crippen LogP contribution >= 0.6 is 0 Å². The van der Waals surface area contributed by atoms with Gasteiger partial charge in [-0.1, -0.05) is 12.1 Å². The average Bonchev–Trinajstić information content (AvgIpc) is 2.69. The molecule has 1 aliphatic heterocycles. The second-order valence-corrected chi connectivity index (χ2v) is 8.31. The number of para-hydroxylation sites is 2. The van der Waals surface area contributed by atoms with E-state index in [1.807, 2.05) is 24.3 Å². The Balaban J connectivity index is 1.41. The third kappa shape index (κ3) is 3.77. The number of piperidine rings is 1. The molecule has 1 aromatic heterocycles. The van der Waals surface area contributed by atoms with Crippen LogP contribution < -0.4 is 4.74 Å². The summed E-state index contributed by atoms with van der Waals surface area (Å²) in [6, 6.07) is 12.4. The molecule has 0 spiro atoms. The maximum Gasteiger partial charge on any atom is 0.243 e. The molecule has 0 aliphatic carbocycles. The van der Waals surface area contributed by atoms with Gasteiger partial charge in [-0.3, -0.25) is 0 Å². The topological polar surface area (TPSA) is 72.4 Å². The summed E-state index contributed by atoms with van der Waals surface area (Å²) in [7, 11) is -3.62. The lowest BCUT2D eigenvalue weighted by Gasteiger charge is -2.31. The fourth-order valence-electron chi connectivity index (χ4n) is 3.11. The average molecular weight is 387 g/mol. The van der Waals surface area contributed by atoms with Gasteiger partial charge in [-0.2, -0.15) is 4.31 Å².